The Morgan fingerprint density at radius 3 is 2.60 bits per heavy atom. The predicted molar refractivity (Wildman–Crippen MR) is 156 cm³/mol. The van der Waals surface area contributed by atoms with Crippen molar-refractivity contribution in [2.45, 2.75) is 64.1 Å². The van der Waals surface area contributed by atoms with Crippen LogP contribution in [0.4, 0.5) is 0 Å². The molecule has 210 valence electrons. The molecule has 1 aliphatic heterocycles. The lowest BCUT2D eigenvalue weighted by Gasteiger charge is -2.39. The molecule has 0 amide bonds. The molecule has 0 radical (unpaired) electrons. The summed E-state index contributed by atoms with van der Waals surface area (Å²) in [5.41, 5.74) is 4.00. The van der Waals surface area contributed by atoms with E-state index in [4.69, 9.17) is 4.74 Å². The molecule has 0 spiro atoms. The van der Waals surface area contributed by atoms with E-state index in [1.165, 1.54) is 30.4 Å². The summed E-state index contributed by atoms with van der Waals surface area (Å²) in [6.07, 6.45) is 6.74. The molecule has 2 aromatic heterocycles. The number of benzene rings is 2. The summed E-state index contributed by atoms with van der Waals surface area (Å²) < 4.78 is 7.45. The number of rotatable bonds is 8. The molecule has 9 heteroatoms. The Morgan fingerprint density at radius 1 is 1.00 bits per heavy atom. The molecule has 9 nitrogen and oxygen atoms in total. The first kappa shape index (κ1) is 26.7. The topological polar surface area (TPSA) is 92.2 Å². The monoisotopic (exact) mass is 541 g/mol. The SMILES string of the molecule is CCc1ccc2[nH]c(=O)c(C(c3nnnn3C3CCCCC3)N3CCN(Cc4cccc(OC)c4)CC3)cc2c1. The van der Waals surface area contributed by atoms with Gasteiger partial charge < -0.3 is 9.72 Å². The van der Waals surface area contributed by atoms with Crippen molar-refractivity contribution >= 4 is 10.9 Å². The second kappa shape index (κ2) is 11.9. The highest BCUT2D eigenvalue weighted by atomic mass is 16.5. The van der Waals surface area contributed by atoms with Gasteiger partial charge in [0, 0.05) is 43.8 Å². The molecule has 0 bridgehead atoms. The van der Waals surface area contributed by atoms with Gasteiger partial charge in [0.05, 0.1) is 13.2 Å². The quantitative estimate of drug-likeness (QED) is 0.351. The summed E-state index contributed by atoms with van der Waals surface area (Å²) in [6.45, 7) is 6.44. The van der Waals surface area contributed by atoms with Crippen LogP contribution < -0.4 is 10.3 Å². The average molecular weight is 542 g/mol. The molecule has 1 N–H and O–H groups in total. The number of nitrogens with one attached hydrogen (secondary N) is 1. The number of tetrazole rings is 1. The van der Waals surface area contributed by atoms with Gasteiger partial charge in [-0.1, -0.05) is 44.4 Å². The van der Waals surface area contributed by atoms with Gasteiger partial charge in [-0.2, -0.15) is 0 Å². The summed E-state index contributed by atoms with van der Waals surface area (Å²) >= 11 is 0. The summed E-state index contributed by atoms with van der Waals surface area (Å²) in [4.78, 5) is 21.7. The van der Waals surface area contributed by atoms with Crippen molar-refractivity contribution in [2.75, 3.05) is 33.3 Å². The number of aromatic amines is 1. The molecule has 2 aliphatic rings. The number of H-pyrrole nitrogens is 1. The van der Waals surface area contributed by atoms with Gasteiger partial charge in [-0.3, -0.25) is 14.6 Å². The molecule has 3 heterocycles. The minimum Gasteiger partial charge on any atom is -0.497 e. The molecular weight excluding hydrogens is 502 g/mol. The molecule has 1 saturated carbocycles. The Hall–Kier alpha value is -3.56. The third kappa shape index (κ3) is 5.53. The maximum atomic E-state index is 13.6. The van der Waals surface area contributed by atoms with Crippen LogP contribution in [0.25, 0.3) is 10.9 Å². The number of fused-ring (bicyclic) bond motifs is 1. The molecule has 1 unspecified atom stereocenters. The Morgan fingerprint density at radius 2 is 1.82 bits per heavy atom. The lowest BCUT2D eigenvalue weighted by molar-refractivity contribution is 0.0982. The number of aromatic nitrogens is 5. The van der Waals surface area contributed by atoms with Gasteiger partial charge in [0.25, 0.3) is 5.56 Å². The Bertz CT molecular complexity index is 1500. The minimum absolute atomic E-state index is 0.0706. The van der Waals surface area contributed by atoms with Crippen molar-refractivity contribution in [3.05, 3.63) is 81.4 Å². The summed E-state index contributed by atoms with van der Waals surface area (Å²) in [7, 11) is 1.70. The standard InChI is InChI=1S/C31H39N7O2/c1-3-22-12-13-28-24(18-22)20-27(31(39)32-28)29(30-33-34-35-38(30)25-9-5-4-6-10-25)37-16-14-36(15-17-37)21-23-8-7-11-26(19-23)40-2/h7-8,11-13,18-20,25,29H,3-6,9-10,14-17,21H2,1-2H3,(H,32,39). The summed E-state index contributed by atoms with van der Waals surface area (Å²) in [5, 5.41) is 14.3. The van der Waals surface area contributed by atoms with Gasteiger partial charge >= 0.3 is 0 Å². The first-order valence-corrected chi connectivity index (χ1v) is 14.7. The molecule has 1 atom stereocenters. The molecule has 2 aromatic carbocycles. The molecule has 6 rings (SSSR count). The van der Waals surface area contributed by atoms with E-state index in [0.29, 0.717) is 5.56 Å². The van der Waals surface area contributed by atoms with Crippen LogP contribution in [0.1, 0.15) is 73.6 Å². The number of hydrogen-bond acceptors (Lipinski definition) is 7. The fraction of sp³-hybridized carbons (Fsp3) is 0.484. The normalized spacial score (nSPS) is 18.2. The van der Waals surface area contributed by atoms with Crippen LogP contribution in [-0.2, 0) is 13.0 Å². The van der Waals surface area contributed by atoms with Crippen LogP contribution in [0, 0.1) is 0 Å². The van der Waals surface area contributed by atoms with E-state index >= 15 is 0 Å². The number of pyridine rings is 1. The zero-order chi connectivity index (χ0) is 27.5. The number of aryl methyl sites for hydroxylation is 1. The molecule has 1 aliphatic carbocycles. The van der Waals surface area contributed by atoms with Crippen molar-refractivity contribution in [1.29, 1.82) is 0 Å². The molecular formula is C31H39N7O2. The summed E-state index contributed by atoms with van der Waals surface area (Å²) in [6, 6.07) is 16.6. The Balaban J connectivity index is 1.33. The first-order chi connectivity index (χ1) is 19.6. The fourth-order valence-corrected chi connectivity index (χ4v) is 6.37. The van der Waals surface area contributed by atoms with E-state index in [-0.39, 0.29) is 17.6 Å². The van der Waals surface area contributed by atoms with Crippen molar-refractivity contribution in [2.24, 2.45) is 0 Å². The van der Waals surface area contributed by atoms with Crippen molar-refractivity contribution < 1.29 is 4.74 Å². The van der Waals surface area contributed by atoms with E-state index in [1.54, 1.807) is 7.11 Å². The smallest absolute Gasteiger partial charge is 0.253 e. The fourth-order valence-electron chi connectivity index (χ4n) is 6.37. The Kier molecular flexibility index (Phi) is 7.93. The van der Waals surface area contributed by atoms with Gasteiger partial charge in [-0.15, -0.1) is 5.10 Å². The highest BCUT2D eigenvalue weighted by molar-refractivity contribution is 5.80. The third-order valence-electron chi connectivity index (χ3n) is 8.64. The average Bonchev–Trinajstić information content (AvgIpc) is 3.48. The number of ether oxygens (including phenoxy) is 1. The van der Waals surface area contributed by atoms with E-state index < -0.39 is 0 Å². The number of nitrogens with zero attached hydrogens (tertiary/aromatic N) is 6. The highest BCUT2D eigenvalue weighted by Crippen LogP contribution is 2.33. The van der Waals surface area contributed by atoms with Crippen LogP contribution in [0.5, 0.6) is 5.75 Å². The van der Waals surface area contributed by atoms with Crippen LogP contribution in [0.15, 0.2) is 53.3 Å². The van der Waals surface area contributed by atoms with E-state index in [1.807, 2.05) is 22.9 Å². The maximum absolute atomic E-state index is 13.6. The van der Waals surface area contributed by atoms with E-state index in [2.05, 4.69) is 67.6 Å². The van der Waals surface area contributed by atoms with Gasteiger partial charge in [0.2, 0.25) is 0 Å². The van der Waals surface area contributed by atoms with Crippen molar-refractivity contribution in [1.82, 2.24) is 35.0 Å². The molecule has 4 aromatic rings. The second-order valence-electron chi connectivity index (χ2n) is 11.2. The Labute approximate surface area is 235 Å². The lowest BCUT2D eigenvalue weighted by Crippen LogP contribution is -2.48. The first-order valence-electron chi connectivity index (χ1n) is 14.7. The molecule has 1 saturated heterocycles. The predicted octanol–water partition coefficient (Wildman–Crippen LogP) is 4.50. The lowest BCUT2D eigenvalue weighted by atomic mass is 9.95. The molecule has 40 heavy (non-hydrogen) atoms. The van der Waals surface area contributed by atoms with Crippen molar-refractivity contribution in [3.63, 3.8) is 0 Å². The molecule has 2 fully saturated rings. The van der Waals surface area contributed by atoms with Gasteiger partial charge in [-0.05, 0) is 76.5 Å². The third-order valence-corrected chi connectivity index (χ3v) is 8.64. The summed E-state index contributed by atoms with van der Waals surface area (Å²) in [5.74, 6) is 1.66. The van der Waals surface area contributed by atoms with Crippen LogP contribution in [0.3, 0.4) is 0 Å². The second-order valence-corrected chi connectivity index (χ2v) is 11.2. The highest BCUT2D eigenvalue weighted by Gasteiger charge is 2.34. The number of methoxy groups -OCH3 is 1. The van der Waals surface area contributed by atoms with Gasteiger partial charge in [-0.25, -0.2) is 4.68 Å². The number of hydrogen-bond donors (Lipinski definition) is 1. The number of piperazine rings is 1. The van der Waals surface area contributed by atoms with Crippen molar-refractivity contribution in [3.8, 4) is 5.75 Å². The van der Waals surface area contributed by atoms with E-state index in [9.17, 15) is 4.79 Å². The van der Waals surface area contributed by atoms with Crippen LogP contribution >= 0.6 is 0 Å². The zero-order valence-electron chi connectivity index (χ0n) is 23.6. The van der Waals surface area contributed by atoms with Gasteiger partial charge in [0.1, 0.15) is 11.8 Å². The zero-order valence-corrected chi connectivity index (χ0v) is 23.6. The van der Waals surface area contributed by atoms with E-state index in [0.717, 1.165) is 74.5 Å². The maximum Gasteiger partial charge on any atom is 0.253 e. The van der Waals surface area contributed by atoms with Gasteiger partial charge in [0.15, 0.2) is 5.82 Å². The van der Waals surface area contributed by atoms with Crippen LogP contribution in [-0.4, -0.2) is 68.3 Å². The van der Waals surface area contributed by atoms with Crippen LogP contribution in [0.2, 0.25) is 0 Å². The minimum atomic E-state index is -0.311. The largest absolute Gasteiger partial charge is 0.497 e.